The Morgan fingerprint density at radius 1 is 1.35 bits per heavy atom. The fourth-order valence-corrected chi connectivity index (χ4v) is 2.88. The highest BCUT2D eigenvalue weighted by atomic mass is 127. The average Bonchev–Trinajstić information content (AvgIpc) is 2.82. The number of halogens is 1. The van der Waals surface area contributed by atoms with Crippen LogP contribution >= 0.6 is 22.6 Å². The predicted molar refractivity (Wildman–Crippen MR) is 84.4 cm³/mol. The molecule has 2 aromatic rings. The minimum atomic E-state index is -0.0716. The number of aryl methyl sites for hydroxylation is 3. The predicted octanol–water partition coefficient (Wildman–Crippen LogP) is 1.65. The number of rotatable bonds is 3. The zero-order chi connectivity index (χ0) is 15.0. The van der Waals surface area contributed by atoms with Crippen LogP contribution in [-0.4, -0.2) is 37.4 Å². The monoisotopic (exact) mass is 387 g/mol. The molecule has 0 spiro atoms. The number of carbonyl (C=O) groups excluding carboxylic acids is 1. The van der Waals surface area contributed by atoms with Gasteiger partial charge in [-0.2, -0.15) is 10.2 Å². The molecule has 20 heavy (non-hydrogen) atoms. The van der Waals surface area contributed by atoms with Gasteiger partial charge in [-0.05, 0) is 36.4 Å². The first kappa shape index (κ1) is 15.0. The van der Waals surface area contributed by atoms with Crippen molar-refractivity contribution in [2.45, 2.75) is 20.4 Å². The van der Waals surface area contributed by atoms with Gasteiger partial charge in [-0.15, -0.1) is 0 Å². The lowest BCUT2D eigenvalue weighted by molar-refractivity contribution is 0.0777. The topological polar surface area (TPSA) is 56.0 Å². The van der Waals surface area contributed by atoms with Crippen molar-refractivity contribution in [2.75, 3.05) is 7.05 Å². The van der Waals surface area contributed by atoms with Gasteiger partial charge < -0.3 is 4.90 Å². The molecule has 0 aliphatic rings. The maximum Gasteiger partial charge on any atom is 0.275 e. The highest BCUT2D eigenvalue weighted by molar-refractivity contribution is 14.1. The maximum atomic E-state index is 12.4. The summed E-state index contributed by atoms with van der Waals surface area (Å²) in [5.74, 6) is -0.0716. The molecule has 7 heteroatoms. The standard InChI is InChI=1S/C13H18IN5O/c1-8-10(9(2)19(5)15-8)6-17(3)13(20)12-11(14)7-18(4)16-12/h7H,6H2,1-5H3. The summed E-state index contributed by atoms with van der Waals surface area (Å²) in [4.78, 5) is 14.1. The number of hydrogen-bond acceptors (Lipinski definition) is 3. The number of carbonyl (C=O) groups is 1. The van der Waals surface area contributed by atoms with Crippen molar-refractivity contribution >= 4 is 28.5 Å². The number of hydrogen-bond donors (Lipinski definition) is 0. The van der Waals surface area contributed by atoms with Crippen LogP contribution in [-0.2, 0) is 20.6 Å². The Bertz CT molecular complexity index is 658. The van der Waals surface area contributed by atoms with Crippen LogP contribution in [0, 0.1) is 17.4 Å². The molecule has 6 nitrogen and oxygen atoms in total. The molecule has 108 valence electrons. The summed E-state index contributed by atoms with van der Waals surface area (Å²) in [7, 11) is 5.52. The van der Waals surface area contributed by atoms with Crippen molar-refractivity contribution in [3.8, 4) is 0 Å². The quantitative estimate of drug-likeness (QED) is 0.753. The molecule has 0 fully saturated rings. The Balaban J connectivity index is 2.22. The van der Waals surface area contributed by atoms with Crippen LogP contribution in [0.3, 0.4) is 0 Å². The number of amides is 1. The minimum Gasteiger partial charge on any atom is -0.336 e. The third-order valence-electron chi connectivity index (χ3n) is 3.39. The summed E-state index contributed by atoms with van der Waals surface area (Å²) in [6, 6.07) is 0. The molecule has 0 radical (unpaired) electrons. The van der Waals surface area contributed by atoms with Gasteiger partial charge in [0.25, 0.3) is 5.91 Å². The third kappa shape index (κ3) is 2.72. The molecule has 0 aliphatic heterocycles. The Labute approximate surface area is 131 Å². The Morgan fingerprint density at radius 3 is 2.45 bits per heavy atom. The molecule has 2 rings (SSSR count). The van der Waals surface area contributed by atoms with Crippen LogP contribution in [0.25, 0.3) is 0 Å². The van der Waals surface area contributed by atoms with E-state index >= 15 is 0 Å². The number of aromatic nitrogens is 4. The fourth-order valence-electron chi connectivity index (χ4n) is 2.14. The smallest absolute Gasteiger partial charge is 0.275 e. The molecule has 2 heterocycles. The molecule has 0 aromatic carbocycles. The van der Waals surface area contributed by atoms with Crippen LogP contribution in [0.2, 0.25) is 0 Å². The first-order valence-electron chi connectivity index (χ1n) is 6.25. The second-order valence-electron chi connectivity index (χ2n) is 4.93. The zero-order valence-electron chi connectivity index (χ0n) is 12.3. The maximum absolute atomic E-state index is 12.4. The van der Waals surface area contributed by atoms with Gasteiger partial charge in [-0.25, -0.2) is 0 Å². The van der Waals surface area contributed by atoms with Gasteiger partial charge in [-0.3, -0.25) is 14.2 Å². The van der Waals surface area contributed by atoms with Crippen molar-refractivity contribution in [2.24, 2.45) is 14.1 Å². The minimum absolute atomic E-state index is 0.0716. The summed E-state index contributed by atoms with van der Waals surface area (Å²) in [5.41, 5.74) is 3.63. The largest absolute Gasteiger partial charge is 0.336 e. The van der Waals surface area contributed by atoms with Gasteiger partial charge in [0.1, 0.15) is 0 Å². The van der Waals surface area contributed by atoms with E-state index < -0.39 is 0 Å². The SMILES string of the molecule is Cc1nn(C)c(C)c1CN(C)C(=O)c1nn(C)cc1I. The van der Waals surface area contributed by atoms with Crippen LogP contribution in [0.1, 0.15) is 27.4 Å². The van der Waals surface area contributed by atoms with Crippen LogP contribution in [0.5, 0.6) is 0 Å². The third-order valence-corrected chi connectivity index (χ3v) is 4.18. The van der Waals surface area contributed by atoms with Crippen LogP contribution in [0.4, 0.5) is 0 Å². The highest BCUT2D eigenvalue weighted by Gasteiger charge is 2.21. The van der Waals surface area contributed by atoms with Crippen molar-refractivity contribution in [3.63, 3.8) is 0 Å². The highest BCUT2D eigenvalue weighted by Crippen LogP contribution is 2.17. The number of nitrogens with zero attached hydrogens (tertiary/aromatic N) is 5. The summed E-state index contributed by atoms with van der Waals surface area (Å²) < 4.78 is 4.36. The van der Waals surface area contributed by atoms with Gasteiger partial charge in [0.05, 0.1) is 9.26 Å². The van der Waals surface area contributed by atoms with E-state index in [1.807, 2.05) is 38.8 Å². The molecule has 0 unspecified atom stereocenters. The molecular weight excluding hydrogens is 369 g/mol. The zero-order valence-corrected chi connectivity index (χ0v) is 14.5. The van der Waals surface area contributed by atoms with Crippen molar-refractivity contribution < 1.29 is 4.79 Å². The van der Waals surface area contributed by atoms with Gasteiger partial charge in [-0.1, -0.05) is 0 Å². The molecule has 0 saturated carbocycles. The molecule has 1 amide bonds. The van der Waals surface area contributed by atoms with E-state index in [1.165, 1.54) is 0 Å². The molecule has 0 N–H and O–H groups in total. The Hall–Kier alpha value is -1.38. The van der Waals surface area contributed by atoms with Crippen molar-refractivity contribution in [1.29, 1.82) is 0 Å². The fraction of sp³-hybridized carbons (Fsp3) is 0.462. The molecule has 2 aromatic heterocycles. The van der Waals surface area contributed by atoms with E-state index in [2.05, 4.69) is 32.8 Å². The second kappa shape index (κ2) is 5.55. The van der Waals surface area contributed by atoms with E-state index in [-0.39, 0.29) is 5.91 Å². The molecule has 0 atom stereocenters. The summed E-state index contributed by atoms with van der Waals surface area (Å²) in [5, 5.41) is 8.59. The molecular formula is C13H18IN5O. The summed E-state index contributed by atoms with van der Waals surface area (Å²) >= 11 is 2.13. The molecule has 0 bridgehead atoms. The van der Waals surface area contributed by atoms with E-state index in [9.17, 15) is 4.79 Å². The second-order valence-corrected chi connectivity index (χ2v) is 6.10. The lowest BCUT2D eigenvalue weighted by atomic mass is 10.2. The van der Waals surface area contributed by atoms with Gasteiger partial charge >= 0.3 is 0 Å². The van der Waals surface area contributed by atoms with E-state index in [0.29, 0.717) is 12.2 Å². The van der Waals surface area contributed by atoms with Gasteiger partial charge in [0.15, 0.2) is 5.69 Å². The van der Waals surface area contributed by atoms with E-state index in [4.69, 9.17) is 0 Å². The average molecular weight is 387 g/mol. The van der Waals surface area contributed by atoms with E-state index in [1.54, 1.807) is 16.6 Å². The first-order valence-corrected chi connectivity index (χ1v) is 7.32. The lowest BCUT2D eigenvalue weighted by Crippen LogP contribution is -2.27. The lowest BCUT2D eigenvalue weighted by Gasteiger charge is -2.16. The van der Waals surface area contributed by atoms with Crippen LogP contribution in [0.15, 0.2) is 6.20 Å². The Kier molecular flexibility index (Phi) is 4.17. The van der Waals surface area contributed by atoms with Crippen molar-refractivity contribution in [1.82, 2.24) is 24.5 Å². The van der Waals surface area contributed by atoms with Gasteiger partial charge in [0.2, 0.25) is 0 Å². The summed E-state index contributed by atoms with van der Waals surface area (Å²) in [6.45, 7) is 4.51. The molecule has 0 aliphatic carbocycles. The van der Waals surface area contributed by atoms with E-state index in [0.717, 1.165) is 20.5 Å². The first-order chi connectivity index (χ1) is 9.31. The normalized spacial score (nSPS) is 10.9. The molecule has 0 saturated heterocycles. The Morgan fingerprint density at radius 2 is 2.00 bits per heavy atom. The summed E-state index contributed by atoms with van der Waals surface area (Å²) in [6.07, 6.45) is 1.84. The van der Waals surface area contributed by atoms with Gasteiger partial charge in [0, 0.05) is 45.1 Å². The van der Waals surface area contributed by atoms with Crippen LogP contribution < -0.4 is 0 Å². The van der Waals surface area contributed by atoms with Crippen molar-refractivity contribution in [3.05, 3.63) is 32.4 Å².